The predicted molar refractivity (Wildman–Crippen MR) is 84.9 cm³/mol. The highest BCUT2D eigenvalue weighted by molar-refractivity contribution is 5.89. The van der Waals surface area contributed by atoms with Crippen molar-refractivity contribution < 1.29 is 4.79 Å². The topological polar surface area (TPSA) is 32.3 Å². The van der Waals surface area contributed by atoms with Crippen LogP contribution in [0.1, 0.15) is 63.7 Å². The minimum absolute atomic E-state index is 0.0404. The first-order valence-electron chi connectivity index (χ1n) is 8.28. The minimum Gasteiger partial charge on any atom is -0.318 e. The summed E-state index contributed by atoms with van der Waals surface area (Å²) in [5, 5.41) is 3.60. The number of rotatable bonds is 4. The summed E-state index contributed by atoms with van der Waals surface area (Å²) in [6, 6.07) is 9.15. The fourth-order valence-electron chi connectivity index (χ4n) is 3.31. The van der Waals surface area contributed by atoms with Gasteiger partial charge in [-0.15, -0.1) is 0 Å². The second-order valence-corrected chi connectivity index (χ2v) is 6.62. The molecule has 0 bridgehead atoms. The molecule has 1 aromatic rings. The van der Waals surface area contributed by atoms with Gasteiger partial charge in [-0.05, 0) is 50.2 Å². The molecule has 1 N–H and O–H groups in total. The summed E-state index contributed by atoms with van der Waals surface area (Å²) in [5.41, 5.74) is 2.14. The second-order valence-electron chi connectivity index (χ2n) is 6.62. The van der Waals surface area contributed by atoms with E-state index in [4.69, 9.17) is 0 Å². The number of carbonyl (C=O) groups excluding carboxylic acids is 1. The molecule has 1 heterocycles. The molecular weight excluding hydrogens is 260 g/mol. The highest BCUT2D eigenvalue weighted by atomic mass is 16.2. The van der Waals surface area contributed by atoms with Gasteiger partial charge in [0.05, 0.1) is 5.54 Å². The smallest absolute Gasteiger partial charge is 0.244 e. The number of carbonyl (C=O) groups is 1. The van der Waals surface area contributed by atoms with Crippen molar-refractivity contribution in [1.82, 2.24) is 10.2 Å². The number of aryl methyl sites for hydroxylation is 1. The summed E-state index contributed by atoms with van der Waals surface area (Å²) in [4.78, 5) is 15.0. The first-order valence-corrected chi connectivity index (χ1v) is 8.28. The van der Waals surface area contributed by atoms with E-state index in [2.05, 4.69) is 48.3 Å². The molecule has 2 unspecified atom stereocenters. The molecular formula is C18H26N2O. The van der Waals surface area contributed by atoms with E-state index in [1.54, 1.807) is 0 Å². The van der Waals surface area contributed by atoms with Crippen LogP contribution in [-0.4, -0.2) is 22.4 Å². The van der Waals surface area contributed by atoms with Gasteiger partial charge in [-0.25, -0.2) is 0 Å². The van der Waals surface area contributed by atoms with Crippen LogP contribution < -0.4 is 5.32 Å². The molecule has 2 aliphatic rings. The quantitative estimate of drug-likeness (QED) is 0.920. The number of hydrogen-bond acceptors (Lipinski definition) is 2. The zero-order valence-corrected chi connectivity index (χ0v) is 13.4. The Balaban J connectivity index is 1.91. The minimum atomic E-state index is -0.413. The molecule has 3 nitrogen and oxygen atoms in total. The van der Waals surface area contributed by atoms with Gasteiger partial charge >= 0.3 is 0 Å². The van der Waals surface area contributed by atoms with Gasteiger partial charge in [0, 0.05) is 6.04 Å². The van der Waals surface area contributed by atoms with Gasteiger partial charge in [0.15, 0.2) is 0 Å². The lowest BCUT2D eigenvalue weighted by molar-refractivity contribution is -0.136. The van der Waals surface area contributed by atoms with Crippen molar-refractivity contribution in [3.63, 3.8) is 0 Å². The Kier molecular flexibility index (Phi) is 3.78. The van der Waals surface area contributed by atoms with E-state index >= 15 is 0 Å². The van der Waals surface area contributed by atoms with Crippen LogP contribution in [0.3, 0.4) is 0 Å². The van der Waals surface area contributed by atoms with Crippen molar-refractivity contribution in [2.75, 3.05) is 0 Å². The van der Waals surface area contributed by atoms with Gasteiger partial charge in [-0.2, -0.15) is 0 Å². The number of hydrogen-bond donors (Lipinski definition) is 1. The molecule has 1 aliphatic carbocycles. The third-order valence-electron chi connectivity index (χ3n) is 5.32. The lowest BCUT2D eigenvalue weighted by Crippen LogP contribution is -2.46. The highest BCUT2D eigenvalue weighted by Gasteiger charge is 2.50. The van der Waals surface area contributed by atoms with Gasteiger partial charge < -0.3 is 4.90 Å². The standard InChI is InChI=1S/C18H26N2O/c1-4-13-9-11-14(12-10-13)16-19-18(3,5-2)17(21)20(16)15-7-6-8-15/h9-12,15-16,19H,4-8H2,1-3H3. The third-order valence-corrected chi connectivity index (χ3v) is 5.32. The SMILES string of the molecule is CCc1ccc(C2NC(C)(CC)C(=O)N2C2CCC2)cc1. The first-order chi connectivity index (χ1) is 10.1. The number of amides is 1. The Morgan fingerprint density at radius 2 is 1.90 bits per heavy atom. The molecule has 114 valence electrons. The molecule has 1 saturated heterocycles. The average Bonchev–Trinajstić information content (AvgIpc) is 2.72. The predicted octanol–water partition coefficient (Wildman–Crippen LogP) is 3.40. The van der Waals surface area contributed by atoms with Crippen LogP contribution in [0, 0.1) is 0 Å². The second kappa shape index (κ2) is 5.45. The van der Waals surface area contributed by atoms with Crippen molar-refractivity contribution in [3.8, 4) is 0 Å². The van der Waals surface area contributed by atoms with Crippen LogP contribution >= 0.6 is 0 Å². The molecule has 1 saturated carbocycles. The molecule has 21 heavy (non-hydrogen) atoms. The van der Waals surface area contributed by atoms with Crippen LogP contribution in [0.2, 0.25) is 0 Å². The normalized spacial score (nSPS) is 29.8. The van der Waals surface area contributed by atoms with Crippen LogP contribution in [0.5, 0.6) is 0 Å². The number of nitrogens with one attached hydrogen (secondary N) is 1. The van der Waals surface area contributed by atoms with E-state index in [1.807, 2.05) is 6.92 Å². The summed E-state index contributed by atoms with van der Waals surface area (Å²) in [6.07, 6.45) is 5.47. The van der Waals surface area contributed by atoms with E-state index < -0.39 is 5.54 Å². The van der Waals surface area contributed by atoms with Crippen molar-refractivity contribution in [1.29, 1.82) is 0 Å². The molecule has 2 atom stereocenters. The van der Waals surface area contributed by atoms with E-state index in [-0.39, 0.29) is 12.1 Å². The lowest BCUT2D eigenvalue weighted by atomic mass is 9.89. The van der Waals surface area contributed by atoms with Crippen molar-refractivity contribution in [2.24, 2.45) is 0 Å². The molecule has 0 spiro atoms. The van der Waals surface area contributed by atoms with E-state index in [0.29, 0.717) is 6.04 Å². The summed E-state index contributed by atoms with van der Waals surface area (Å²) in [6.45, 7) is 6.30. The van der Waals surface area contributed by atoms with Crippen molar-refractivity contribution in [3.05, 3.63) is 35.4 Å². The molecule has 1 aliphatic heterocycles. The molecule has 3 heteroatoms. The van der Waals surface area contributed by atoms with E-state index in [1.165, 1.54) is 17.5 Å². The van der Waals surface area contributed by atoms with Crippen LogP contribution in [-0.2, 0) is 11.2 Å². The molecule has 1 amide bonds. The van der Waals surface area contributed by atoms with Crippen LogP contribution in [0.15, 0.2) is 24.3 Å². The summed E-state index contributed by atoms with van der Waals surface area (Å²) in [7, 11) is 0. The van der Waals surface area contributed by atoms with Gasteiger partial charge in [0.1, 0.15) is 6.17 Å². The maximum atomic E-state index is 12.9. The maximum Gasteiger partial charge on any atom is 0.244 e. The fraction of sp³-hybridized carbons (Fsp3) is 0.611. The summed E-state index contributed by atoms with van der Waals surface area (Å²) < 4.78 is 0. The van der Waals surface area contributed by atoms with E-state index in [0.717, 1.165) is 25.7 Å². The Labute approximate surface area is 127 Å². The molecule has 0 aromatic heterocycles. The third kappa shape index (κ3) is 2.38. The fourth-order valence-corrected chi connectivity index (χ4v) is 3.31. The molecule has 3 rings (SSSR count). The molecule has 0 radical (unpaired) electrons. The summed E-state index contributed by atoms with van der Waals surface area (Å²) in [5.74, 6) is 0.277. The van der Waals surface area contributed by atoms with Crippen molar-refractivity contribution >= 4 is 5.91 Å². The number of nitrogens with zero attached hydrogens (tertiary/aromatic N) is 1. The zero-order valence-electron chi connectivity index (χ0n) is 13.4. The van der Waals surface area contributed by atoms with Crippen molar-refractivity contribution in [2.45, 2.75) is 70.6 Å². The highest BCUT2D eigenvalue weighted by Crippen LogP contribution is 2.39. The van der Waals surface area contributed by atoms with Gasteiger partial charge in [0.25, 0.3) is 0 Å². The average molecular weight is 286 g/mol. The summed E-state index contributed by atoms with van der Waals surface area (Å²) >= 11 is 0. The van der Waals surface area contributed by atoms with E-state index in [9.17, 15) is 4.79 Å². The Morgan fingerprint density at radius 1 is 1.24 bits per heavy atom. The van der Waals surface area contributed by atoms with Crippen LogP contribution in [0.25, 0.3) is 0 Å². The Morgan fingerprint density at radius 3 is 2.38 bits per heavy atom. The monoisotopic (exact) mass is 286 g/mol. The number of benzene rings is 1. The Bertz CT molecular complexity index is 521. The molecule has 1 aromatic carbocycles. The Hall–Kier alpha value is -1.35. The van der Waals surface area contributed by atoms with Crippen LogP contribution in [0.4, 0.5) is 0 Å². The zero-order chi connectivity index (χ0) is 15.0. The first kappa shape index (κ1) is 14.6. The van der Waals surface area contributed by atoms with Gasteiger partial charge in [-0.3, -0.25) is 10.1 Å². The maximum absolute atomic E-state index is 12.9. The lowest BCUT2D eigenvalue weighted by Gasteiger charge is -2.38. The molecule has 2 fully saturated rings. The van der Waals surface area contributed by atoms with Gasteiger partial charge in [0.2, 0.25) is 5.91 Å². The largest absolute Gasteiger partial charge is 0.318 e. The van der Waals surface area contributed by atoms with Gasteiger partial charge in [-0.1, -0.05) is 38.1 Å².